The second kappa shape index (κ2) is 16.5. The van der Waals surface area contributed by atoms with E-state index >= 15 is 0 Å². The maximum absolute atomic E-state index is 9.87. The van der Waals surface area contributed by atoms with E-state index < -0.39 is 5.41 Å². The molecule has 1 aliphatic carbocycles. The number of thiophene rings is 2. The van der Waals surface area contributed by atoms with E-state index in [2.05, 4.69) is 181 Å². The Morgan fingerprint density at radius 3 is 1.25 bits per heavy atom. The molecule has 0 saturated heterocycles. The standard InChI is InChI=1S/C57H42O4S2/c58-27-29-60-53-25-21-41(33-45(53)37-11-3-1-4-12-37)57(42-22-26-54(61-30-28-59)46(34-42)38-13-5-2-6-14-38)51-23-19-39(49-35-62-55-17-9-7-15-43(49)55)31-47(51)48-32-40(20-24-52(48)57)50-36-63-56-18-10-8-16-44(50)56/h1-26,31-36,58-59H,27-30H2. The normalized spacial score (nSPS) is 12.7. The summed E-state index contributed by atoms with van der Waals surface area (Å²) >= 11 is 3.56. The summed E-state index contributed by atoms with van der Waals surface area (Å²) in [6, 6.07) is 65.3. The predicted octanol–water partition coefficient (Wildman–Crippen LogP) is 13.9. The molecule has 0 amide bonds. The van der Waals surface area contributed by atoms with Crippen molar-refractivity contribution in [3.05, 3.63) is 215 Å². The van der Waals surface area contributed by atoms with Gasteiger partial charge >= 0.3 is 0 Å². The first-order valence-corrected chi connectivity index (χ1v) is 23.0. The number of hydrogen-bond donors (Lipinski definition) is 2. The van der Waals surface area contributed by atoms with Gasteiger partial charge in [0.25, 0.3) is 0 Å². The minimum atomic E-state index is -0.798. The third-order valence-corrected chi connectivity index (χ3v) is 14.3. The van der Waals surface area contributed by atoms with Crippen LogP contribution in [0.15, 0.2) is 193 Å². The van der Waals surface area contributed by atoms with Crippen LogP contribution in [0.1, 0.15) is 22.3 Å². The lowest BCUT2D eigenvalue weighted by Gasteiger charge is -2.35. The third kappa shape index (κ3) is 6.66. The zero-order chi connectivity index (χ0) is 42.3. The monoisotopic (exact) mass is 854 g/mol. The van der Waals surface area contributed by atoms with E-state index in [4.69, 9.17) is 9.47 Å². The SMILES string of the molecule is OCCOc1ccc(C2(c3ccc(OCCO)c(-c4ccccc4)c3)c3ccc(-c4csc5ccccc45)cc3-c3cc(-c4csc5ccccc45)ccc32)cc1-c1ccccc1. The first-order chi connectivity index (χ1) is 31.1. The van der Waals surface area contributed by atoms with Crippen molar-refractivity contribution in [2.24, 2.45) is 0 Å². The Balaban J connectivity index is 1.24. The van der Waals surface area contributed by atoms with Gasteiger partial charge in [0, 0.05) is 42.4 Å². The van der Waals surface area contributed by atoms with E-state index in [-0.39, 0.29) is 26.4 Å². The summed E-state index contributed by atoms with van der Waals surface area (Å²) in [6.07, 6.45) is 0. The Hall–Kier alpha value is -6.80. The first kappa shape index (κ1) is 39.1. The minimum absolute atomic E-state index is 0.0862. The van der Waals surface area contributed by atoms with Crippen molar-refractivity contribution < 1.29 is 19.7 Å². The van der Waals surface area contributed by atoms with Gasteiger partial charge in [0.1, 0.15) is 24.7 Å². The summed E-state index contributed by atoms with van der Waals surface area (Å²) in [5, 5.41) is 26.8. The lowest BCUT2D eigenvalue weighted by molar-refractivity contribution is 0.202. The van der Waals surface area contributed by atoms with Gasteiger partial charge in [-0.3, -0.25) is 0 Å². The van der Waals surface area contributed by atoms with Gasteiger partial charge in [-0.05, 0) is 115 Å². The van der Waals surface area contributed by atoms with Crippen LogP contribution in [0.5, 0.6) is 11.5 Å². The molecule has 0 bridgehead atoms. The van der Waals surface area contributed by atoms with Gasteiger partial charge in [-0.2, -0.15) is 0 Å². The highest BCUT2D eigenvalue weighted by Gasteiger charge is 2.47. The molecule has 63 heavy (non-hydrogen) atoms. The highest BCUT2D eigenvalue weighted by molar-refractivity contribution is 7.18. The average molecular weight is 855 g/mol. The summed E-state index contributed by atoms with van der Waals surface area (Å²) < 4.78 is 15.1. The molecule has 11 rings (SSSR count). The van der Waals surface area contributed by atoms with Crippen LogP contribution in [0.25, 0.3) is 75.8 Å². The molecule has 0 radical (unpaired) electrons. The van der Waals surface area contributed by atoms with E-state index in [1.807, 2.05) is 12.1 Å². The Kier molecular flexibility index (Phi) is 10.2. The van der Waals surface area contributed by atoms with Crippen LogP contribution in [-0.2, 0) is 5.41 Å². The zero-order valence-electron chi connectivity index (χ0n) is 34.3. The van der Waals surface area contributed by atoms with Crippen molar-refractivity contribution in [1.29, 1.82) is 0 Å². The molecule has 0 fully saturated rings. The molecule has 0 aliphatic heterocycles. The minimum Gasteiger partial charge on any atom is -0.491 e. The summed E-state index contributed by atoms with van der Waals surface area (Å²) in [4.78, 5) is 0. The Morgan fingerprint density at radius 2 is 0.810 bits per heavy atom. The van der Waals surface area contributed by atoms with E-state index in [0.29, 0.717) is 11.5 Å². The first-order valence-electron chi connectivity index (χ1n) is 21.3. The molecule has 1 aliphatic rings. The molecule has 8 aromatic carbocycles. The number of aliphatic hydroxyl groups excluding tert-OH is 2. The fraction of sp³-hybridized carbons (Fsp3) is 0.0877. The molecule has 4 nitrogen and oxygen atoms in total. The van der Waals surface area contributed by atoms with Crippen LogP contribution in [0.4, 0.5) is 0 Å². The molecule has 0 saturated carbocycles. The number of fused-ring (bicyclic) bond motifs is 5. The number of hydrogen-bond acceptors (Lipinski definition) is 6. The van der Waals surface area contributed by atoms with E-state index in [9.17, 15) is 10.2 Å². The lowest BCUT2D eigenvalue weighted by Crippen LogP contribution is -2.29. The fourth-order valence-corrected chi connectivity index (χ4v) is 11.6. The molecular formula is C57H42O4S2. The quantitative estimate of drug-likeness (QED) is 0.129. The third-order valence-electron chi connectivity index (χ3n) is 12.4. The molecule has 2 heterocycles. The largest absolute Gasteiger partial charge is 0.491 e. The predicted molar refractivity (Wildman–Crippen MR) is 261 cm³/mol. The van der Waals surface area contributed by atoms with Crippen molar-refractivity contribution in [2.45, 2.75) is 5.41 Å². The number of ether oxygens (including phenoxy) is 2. The average Bonchev–Trinajstić information content (AvgIpc) is 4.06. The highest BCUT2D eigenvalue weighted by Crippen LogP contribution is 2.59. The highest BCUT2D eigenvalue weighted by atomic mass is 32.1. The molecule has 6 heteroatoms. The topological polar surface area (TPSA) is 58.9 Å². The molecule has 10 aromatic rings. The number of rotatable bonds is 12. The Bertz CT molecular complexity index is 3050. The van der Waals surface area contributed by atoms with Crippen molar-refractivity contribution >= 4 is 42.8 Å². The molecule has 2 aromatic heterocycles. The smallest absolute Gasteiger partial charge is 0.127 e. The van der Waals surface area contributed by atoms with Crippen LogP contribution in [0, 0.1) is 0 Å². The van der Waals surface area contributed by atoms with Crippen LogP contribution in [-0.4, -0.2) is 36.6 Å². The lowest BCUT2D eigenvalue weighted by atomic mass is 9.66. The summed E-state index contributed by atoms with van der Waals surface area (Å²) in [6.45, 7) is 0.200. The van der Waals surface area contributed by atoms with Gasteiger partial charge in [0.2, 0.25) is 0 Å². The van der Waals surface area contributed by atoms with E-state index in [1.165, 1.54) is 64.7 Å². The summed E-state index contributed by atoms with van der Waals surface area (Å²) in [5.74, 6) is 1.43. The van der Waals surface area contributed by atoms with Gasteiger partial charge in [0.15, 0.2) is 0 Å². The fourth-order valence-electron chi connectivity index (χ4n) is 9.64. The van der Waals surface area contributed by atoms with E-state index in [1.54, 1.807) is 22.7 Å². The van der Waals surface area contributed by atoms with Crippen LogP contribution in [0.2, 0.25) is 0 Å². The summed E-state index contributed by atoms with van der Waals surface area (Å²) in [7, 11) is 0. The molecule has 0 unspecified atom stereocenters. The van der Waals surface area contributed by atoms with Crippen molar-refractivity contribution in [1.82, 2.24) is 0 Å². The zero-order valence-corrected chi connectivity index (χ0v) is 36.0. The molecule has 2 N–H and O–H groups in total. The van der Waals surface area contributed by atoms with E-state index in [0.717, 1.165) is 33.4 Å². The maximum Gasteiger partial charge on any atom is 0.127 e. The van der Waals surface area contributed by atoms with Crippen LogP contribution in [0.3, 0.4) is 0 Å². The molecule has 0 atom stereocenters. The second-order valence-electron chi connectivity index (χ2n) is 15.9. The van der Waals surface area contributed by atoms with Gasteiger partial charge in [-0.15, -0.1) is 22.7 Å². The summed E-state index contributed by atoms with van der Waals surface area (Å²) in [5.41, 5.74) is 14.9. The Morgan fingerprint density at radius 1 is 0.381 bits per heavy atom. The van der Waals surface area contributed by atoms with Gasteiger partial charge < -0.3 is 19.7 Å². The van der Waals surface area contributed by atoms with Crippen LogP contribution >= 0.6 is 22.7 Å². The second-order valence-corrected chi connectivity index (χ2v) is 17.7. The maximum atomic E-state index is 9.87. The molecule has 0 spiro atoms. The van der Waals surface area contributed by atoms with Crippen molar-refractivity contribution in [3.8, 4) is 67.1 Å². The number of benzene rings is 8. The van der Waals surface area contributed by atoms with Gasteiger partial charge in [-0.25, -0.2) is 0 Å². The van der Waals surface area contributed by atoms with Gasteiger partial charge in [-0.1, -0.05) is 133 Å². The van der Waals surface area contributed by atoms with Crippen molar-refractivity contribution in [3.63, 3.8) is 0 Å². The molecular weight excluding hydrogens is 813 g/mol. The van der Waals surface area contributed by atoms with Gasteiger partial charge in [0.05, 0.1) is 18.6 Å². The molecule has 306 valence electrons. The number of aliphatic hydroxyl groups is 2. The van der Waals surface area contributed by atoms with Crippen molar-refractivity contribution in [2.75, 3.05) is 26.4 Å². The van der Waals surface area contributed by atoms with Crippen LogP contribution < -0.4 is 9.47 Å². The Labute approximate surface area is 374 Å².